The number of hydrogen-bond donors (Lipinski definition) is 2. The maximum absolute atomic E-state index is 12.6. The van der Waals surface area contributed by atoms with Gasteiger partial charge in [-0.2, -0.15) is 0 Å². The van der Waals surface area contributed by atoms with E-state index >= 15 is 0 Å². The number of carbonyl (C=O) groups excluding carboxylic acids is 2. The summed E-state index contributed by atoms with van der Waals surface area (Å²) < 4.78 is 0. The van der Waals surface area contributed by atoms with Crippen LogP contribution in [0.4, 0.5) is 5.00 Å². The van der Waals surface area contributed by atoms with Gasteiger partial charge in [-0.05, 0) is 55.7 Å². The zero-order valence-electron chi connectivity index (χ0n) is 13.1. The first kappa shape index (κ1) is 17.3. The van der Waals surface area contributed by atoms with Gasteiger partial charge in [-0.3, -0.25) is 9.59 Å². The first-order valence-electron chi connectivity index (χ1n) is 7.60. The fraction of sp³-hybridized carbons (Fsp3) is 0.294. The number of halogens is 1. The first-order chi connectivity index (χ1) is 11.5. The minimum Gasteiger partial charge on any atom is -0.365 e. The minimum atomic E-state index is -0.492. The second kappa shape index (κ2) is 7.17. The van der Waals surface area contributed by atoms with E-state index in [0.29, 0.717) is 21.2 Å². The Hall–Kier alpha value is -1.50. The van der Waals surface area contributed by atoms with Crippen molar-refractivity contribution in [3.63, 3.8) is 0 Å². The Morgan fingerprint density at radius 3 is 2.75 bits per heavy atom. The number of hydrogen-bond acceptors (Lipinski definition) is 4. The Morgan fingerprint density at radius 1 is 1.29 bits per heavy atom. The fourth-order valence-corrected chi connectivity index (χ4v) is 4.82. The standard InChI is InChI=1S/C17H17ClN2O2S2/c1-23-9-6-7-12(18)11(8-9)16(22)20-17-14(15(19)21)10-4-2-3-5-13(10)24-17/h6-8H,2-5H2,1H3,(H2,19,21)(H,20,22). The number of thioether (sulfide) groups is 1. The zero-order chi connectivity index (χ0) is 17.3. The van der Waals surface area contributed by atoms with Crippen LogP contribution in [-0.4, -0.2) is 18.1 Å². The summed E-state index contributed by atoms with van der Waals surface area (Å²) in [6.45, 7) is 0. The summed E-state index contributed by atoms with van der Waals surface area (Å²) in [6.07, 6.45) is 5.84. The normalized spacial score (nSPS) is 13.4. The van der Waals surface area contributed by atoms with E-state index in [1.165, 1.54) is 23.1 Å². The van der Waals surface area contributed by atoms with E-state index in [1.54, 1.807) is 12.1 Å². The number of aryl methyl sites for hydroxylation is 1. The number of carbonyl (C=O) groups is 2. The summed E-state index contributed by atoms with van der Waals surface area (Å²) in [5.41, 5.74) is 7.41. The molecule has 1 aromatic heterocycles. The number of fused-ring (bicyclic) bond motifs is 1. The Bertz CT molecular complexity index is 817. The van der Waals surface area contributed by atoms with Gasteiger partial charge in [0.15, 0.2) is 0 Å². The van der Waals surface area contributed by atoms with Crippen LogP contribution in [0.2, 0.25) is 5.02 Å². The molecule has 126 valence electrons. The molecule has 0 aliphatic heterocycles. The van der Waals surface area contributed by atoms with Crippen LogP contribution in [0.3, 0.4) is 0 Å². The zero-order valence-corrected chi connectivity index (χ0v) is 15.5. The molecule has 0 saturated heterocycles. The summed E-state index contributed by atoms with van der Waals surface area (Å²) in [5, 5.41) is 3.76. The van der Waals surface area contributed by atoms with Crippen LogP contribution in [0.5, 0.6) is 0 Å². The topological polar surface area (TPSA) is 72.2 Å². The maximum atomic E-state index is 12.6. The average molecular weight is 381 g/mol. The van der Waals surface area contributed by atoms with Gasteiger partial charge in [0.25, 0.3) is 11.8 Å². The lowest BCUT2D eigenvalue weighted by atomic mass is 9.95. The second-order valence-corrected chi connectivity index (χ2v) is 7.97. The smallest absolute Gasteiger partial charge is 0.257 e. The van der Waals surface area contributed by atoms with Crippen LogP contribution in [0.15, 0.2) is 23.1 Å². The van der Waals surface area contributed by atoms with Crippen LogP contribution in [-0.2, 0) is 12.8 Å². The number of nitrogens with one attached hydrogen (secondary N) is 1. The predicted octanol–water partition coefficient (Wildman–Crippen LogP) is 4.35. The van der Waals surface area contributed by atoms with E-state index in [2.05, 4.69) is 5.32 Å². The van der Waals surface area contributed by atoms with Crippen LogP contribution >= 0.6 is 34.7 Å². The van der Waals surface area contributed by atoms with Crippen molar-refractivity contribution in [3.05, 3.63) is 44.8 Å². The van der Waals surface area contributed by atoms with E-state index in [4.69, 9.17) is 17.3 Å². The number of thiophene rings is 1. The molecule has 0 fully saturated rings. The average Bonchev–Trinajstić information content (AvgIpc) is 2.93. The lowest BCUT2D eigenvalue weighted by Gasteiger charge is -2.11. The monoisotopic (exact) mass is 380 g/mol. The van der Waals surface area contributed by atoms with Gasteiger partial charge in [0.05, 0.1) is 16.1 Å². The Balaban J connectivity index is 1.95. The van der Waals surface area contributed by atoms with Gasteiger partial charge in [-0.15, -0.1) is 23.1 Å². The van der Waals surface area contributed by atoms with Crippen molar-refractivity contribution in [2.45, 2.75) is 30.6 Å². The van der Waals surface area contributed by atoms with Crippen molar-refractivity contribution in [1.82, 2.24) is 0 Å². The SMILES string of the molecule is CSc1ccc(Cl)c(C(=O)Nc2sc3c(c2C(N)=O)CCCC3)c1. The molecule has 1 aliphatic rings. The summed E-state index contributed by atoms with van der Waals surface area (Å²) >= 11 is 9.14. The van der Waals surface area contributed by atoms with Crippen LogP contribution in [0.1, 0.15) is 44.0 Å². The first-order valence-corrected chi connectivity index (χ1v) is 10.0. The van der Waals surface area contributed by atoms with Gasteiger partial charge < -0.3 is 11.1 Å². The van der Waals surface area contributed by atoms with E-state index in [0.717, 1.165) is 41.0 Å². The molecular formula is C17H17ClN2O2S2. The highest BCUT2D eigenvalue weighted by Crippen LogP contribution is 2.38. The molecule has 0 radical (unpaired) electrons. The van der Waals surface area contributed by atoms with Gasteiger partial charge in [0.2, 0.25) is 0 Å². The highest BCUT2D eigenvalue weighted by molar-refractivity contribution is 7.98. The molecule has 1 aliphatic carbocycles. The molecule has 0 atom stereocenters. The highest BCUT2D eigenvalue weighted by atomic mass is 35.5. The number of benzene rings is 1. The molecule has 4 nitrogen and oxygen atoms in total. The minimum absolute atomic E-state index is 0.322. The number of rotatable bonds is 4. The van der Waals surface area contributed by atoms with Crippen LogP contribution in [0.25, 0.3) is 0 Å². The third kappa shape index (κ3) is 3.31. The fourth-order valence-electron chi connectivity index (χ4n) is 2.89. The summed E-state index contributed by atoms with van der Waals surface area (Å²) in [4.78, 5) is 26.6. The van der Waals surface area contributed by atoms with Gasteiger partial charge >= 0.3 is 0 Å². The molecule has 1 aromatic carbocycles. The van der Waals surface area contributed by atoms with Crippen LogP contribution in [0, 0.1) is 0 Å². The molecule has 0 saturated carbocycles. The molecule has 2 amide bonds. The Labute approximate surface area is 153 Å². The van der Waals surface area contributed by atoms with Crippen molar-refractivity contribution < 1.29 is 9.59 Å². The quantitative estimate of drug-likeness (QED) is 0.774. The second-order valence-electron chi connectivity index (χ2n) is 5.58. The van der Waals surface area contributed by atoms with Crippen molar-refractivity contribution >= 4 is 51.5 Å². The Kier molecular flexibility index (Phi) is 5.18. The van der Waals surface area contributed by atoms with Crippen molar-refractivity contribution in [2.75, 3.05) is 11.6 Å². The van der Waals surface area contributed by atoms with Gasteiger partial charge in [-0.25, -0.2) is 0 Å². The summed E-state index contributed by atoms with van der Waals surface area (Å²) in [6, 6.07) is 5.32. The van der Waals surface area contributed by atoms with Gasteiger partial charge in [0, 0.05) is 9.77 Å². The molecule has 1 heterocycles. The van der Waals surface area contributed by atoms with E-state index < -0.39 is 5.91 Å². The molecule has 24 heavy (non-hydrogen) atoms. The predicted molar refractivity (Wildman–Crippen MR) is 101 cm³/mol. The molecule has 0 spiro atoms. The van der Waals surface area contributed by atoms with E-state index in [-0.39, 0.29) is 5.91 Å². The maximum Gasteiger partial charge on any atom is 0.257 e. The van der Waals surface area contributed by atoms with E-state index in [9.17, 15) is 9.59 Å². The van der Waals surface area contributed by atoms with Crippen molar-refractivity contribution in [1.29, 1.82) is 0 Å². The van der Waals surface area contributed by atoms with Gasteiger partial charge in [0.1, 0.15) is 5.00 Å². The molecule has 2 aromatic rings. The number of nitrogens with two attached hydrogens (primary N) is 1. The van der Waals surface area contributed by atoms with Gasteiger partial charge in [-0.1, -0.05) is 11.6 Å². The molecular weight excluding hydrogens is 364 g/mol. The molecule has 7 heteroatoms. The van der Waals surface area contributed by atoms with Crippen LogP contribution < -0.4 is 11.1 Å². The molecule has 0 bridgehead atoms. The lowest BCUT2D eigenvalue weighted by Crippen LogP contribution is -2.18. The number of primary amides is 1. The van der Waals surface area contributed by atoms with Crippen molar-refractivity contribution in [2.24, 2.45) is 5.73 Å². The third-order valence-corrected chi connectivity index (χ3v) is 6.33. The summed E-state index contributed by atoms with van der Waals surface area (Å²) in [5.74, 6) is -0.814. The third-order valence-electron chi connectivity index (χ3n) is 4.06. The summed E-state index contributed by atoms with van der Waals surface area (Å²) in [7, 11) is 0. The van der Waals surface area contributed by atoms with E-state index in [1.807, 2.05) is 12.3 Å². The Morgan fingerprint density at radius 2 is 2.04 bits per heavy atom. The van der Waals surface area contributed by atoms with Crippen molar-refractivity contribution in [3.8, 4) is 0 Å². The molecule has 0 unspecified atom stereocenters. The largest absolute Gasteiger partial charge is 0.365 e. The molecule has 3 rings (SSSR count). The molecule has 3 N–H and O–H groups in total. The number of anilines is 1. The lowest BCUT2D eigenvalue weighted by molar-refractivity contribution is 0.100. The highest BCUT2D eigenvalue weighted by Gasteiger charge is 2.25. The number of amides is 2.